The molecule has 76 N–H and O–H groups in total. The average molecular weight is 2950 g/mol. The van der Waals surface area contributed by atoms with Gasteiger partial charge < -0.3 is 216 Å². The fourth-order valence-electron chi connectivity index (χ4n) is 0. The van der Waals surface area contributed by atoms with Gasteiger partial charge in [-0.2, -0.15) is 0 Å². The van der Waals surface area contributed by atoms with E-state index in [-0.39, 0.29) is 450 Å². The summed E-state index contributed by atoms with van der Waals surface area (Å²) in [6, 6.07) is 0. The van der Waals surface area contributed by atoms with E-state index in [0.717, 1.165) is 0 Å². The minimum atomic E-state index is -4.61. The van der Waals surface area contributed by atoms with Gasteiger partial charge >= 0.3 is 9.05 Å². The van der Waals surface area contributed by atoms with E-state index in [2.05, 4.69) is 0 Å². The molecule has 0 saturated heterocycles. The van der Waals surface area contributed by atoms with E-state index in [9.17, 15) is 0 Å². The third kappa shape index (κ3) is 4030. The van der Waals surface area contributed by atoms with Gasteiger partial charge in [-0.1, -0.05) is 0 Å². The van der Waals surface area contributed by atoms with Gasteiger partial charge in [0.15, 0.2) is 0 Å². The van der Waals surface area contributed by atoms with Crippen LogP contribution in [0.5, 0.6) is 0 Å². The Hall–Kier alpha value is 6.88. The summed E-state index contributed by atoms with van der Waals surface area (Å²) in [6.07, 6.45) is 0. The van der Waals surface area contributed by atoms with Crippen LogP contribution in [0.25, 0.3) is 0 Å². The Balaban J connectivity index is -0.0000000000709. The molecular formula is H76O40SiW12. The molecule has 0 spiro atoms. The summed E-state index contributed by atoms with van der Waals surface area (Å²) in [4.78, 5) is 29.3. The van der Waals surface area contributed by atoms with Crippen LogP contribution in [0.2, 0.25) is 0 Å². The molecule has 0 bridgehead atoms. The molecule has 0 amide bonds. The van der Waals surface area contributed by atoms with Gasteiger partial charge in [0.05, 0.1) is 0 Å². The summed E-state index contributed by atoms with van der Waals surface area (Å²) in [6.45, 7) is 0. The molecule has 0 atom stereocenters. The number of hydrogen-bond donors (Lipinski definition) is 4. The molecule has 40 nitrogen and oxygen atoms in total. The van der Waals surface area contributed by atoms with Crippen molar-refractivity contribution in [1.29, 1.82) is 0 Å². The fourth-order valence-corrected chi connectivity index (χ4v) is 0. The second-order valence-electron chi connectivity index (χ2n) is 0.600. The Morgan fingerprint density at radius 1 is 0.113 bits per heavy atom. The van der Waals surface area contributed by atoms with Gasteiger partial charge in [-0.05, 0) is 0 Å². The van der Waals surface area contributed by atoms with Gasteiger partial charge in [-0.25, -0.2) is 0 Å². The van der Waals surface area contributed by atoms with Crippen molar-refractivity contribution >= 4 is 9.05 Å². The zero-order valence-electron chi connectivity index (χ0n) is 25.2. The van der Waals surface area contributed by atoms with Crippen LogP contribution < -0.4 is 0 Å². The van der Waals surface area contributed by atoms with Gasteiger partial charge in [-0.3, -0.25) is 0 Å². The van der Waals surface area contributed by atoms with Gasteiger partial charge in [0.1, 0.15) is 0 Å². The minimum Gasteiger partial charge on any atom is -0.412 e. The van der Waals surface area contributed by atoms with Crippen LogP contribution in [-0.2, 0) is 253 Å². The molecule has 0 aliphatic carbocycles. The van der Waals surface area contributed by atoms with Crippen molar-refractivity contribution in [2.24, 2.45) is 0 Å². The SMILES string of the molecule is O.O.O.O.O.O.O.O.O.O.O.O.O.O.O.O.O.O.O.O.O.O.O.O.O.O.O.O.O.O.O.O.O.O.O.O.O[Si](O)(O)O.[W].[W].[W].[W].[W].[W].[W].[W].[W].[W].[W].[W]. The van der Waals surface area contributed by atoms with Gasteiger partial charge in [-0.15, -0.1) is 0 Å². The van der Waals surface area contributed by atoms with Crippen LogP contribution in [0.15, 0.2) is 0 Å². The van der Waals surface area contributed by atoms with Crippen LogP contribution in [0.1, 0.15) is 0 Å². The number of hydrogen-bond acceptors (Lipinski definition) is 4. The number of rotatable bonds is 0. The first-order valence-corrected chi connectivity index (χ1v) is 2.68. The molecule has 0 aromatic rings. The zero-order chi connectivity index (χ0) is 4.50. The molecule has 0 aliphatic rings. The fraction of sp³-hybridized carbons (Fsp3) is 0. The van der Waals surface area contributed by atoms with E-state index in [0.29, 0.717) is 0 Å². The summed E-state index contributed by atoms with van der Waals surface area (Å²) in [7, 11) is -4.61. The van der Waals surface area contributed by atoms with E-state index in [1.165, 1.54) is 0 Å². The molecule has 392 valence electrons. The first-order valence-electron chi connectivity index (χ1n) is 0.894. The standard InChI is InChI=1S/H4O4Si.36H2O.12W/c1-5(2,3)4;;;;;;;;;;;;;;;;;;;;;;;;;;;;;;;;;;;;;;;;;;;;;;;;/h1-4H;36*1H2;;;;;;;;;;;;. The topological polar surface area (TPSA) is 1210 Å². The molecule has 0 saturated carbocycles. The quantitative estimate of drug-likeness (QED) is 0.172. The van der Waals surface area contributed by atoms with Crippen LogP contribution in [0.4, 0.5) is 0 Å². The first kappa shape index (κ1) is 1750. The molecule has 0 unspecified atom stereocenters. The Morgan fingerprint density at radius 2 is 0.113 bits per heavy atom. The second kappa shape index (κ2) is 1190. The normalized spacial score (nSPS) is 1.13. The van der Waals surface area contributed by atoms with Crippen molar-refractivity contribution in [3.63, 3.8) is 0 Å². The summed E-state index contributed by atoms with van der Waals surface area (Å²) < 4.78 is 0. The van der Waals surface area contributed by atoms with E-state index in [4.69, 9.17) is 19.2 Å². The van der Waals surface area contributed by atoms with Crippen LogP contribution in [-0.4, -0.2) is 225 Å². The minimum absolute atomic E-state index is 0. The maximum Gasteiger partial charge on any atom is 0.668 e. The van der Waals surface area contributed by atoms with Crippen molar-refractivity contribution in [3.8, 4) is 0 Å². The molecule has 0 aliphatic heterocycles. The van der Waals surface area contributed by atoms with Crippen LogP contribution >= 0.6 is 0 Å². The molecular weight excluding hydrogens is 2870 g/mol. The Bertz CT molecular complexity index is 63.2. The second-order valence-corrected chi connectivity index (χ2v) is 1.80. The summed E-state index contributed by atoms with van der Waals surface area (Å²) in [5.74, 6) is 0. The van der Waals surface area contributed by atoms with Gasteiger partial charge in [0, 0.05) is 253 Å². The third-order valence-corrected chi connectivity index (χ3v) is 0. The molecule has 0 heterocycles. The van der Waals surface area contributed by atoms with Crippen molar-refractivity contribution in [3.05, 3.63) is 0 Å². The zero-order valence-corrected chi connectivity index (χ0v) is 61.4. The molecule has 0 rings (SSSR count). The summed E-state index contributed by atoms with van der Waals surface area (Å²) in [5.41, 5.74) is 0. The van der Waals surface area contributed by atoms with E-state index in [1.54, 1.807) is 0 Å². The first-order chi connectivity index (χ1) is 2.00. The van der Waals surface area contributed by atoms with E-state index in [1.807, 2.05) is 0 Å². The maximum absolute atomic E-state index is 7.33. The van der Waals surface area contributed by atoms with Crippen LogP contribution in [0.3, 0.4) is 0 Å². The molecule has 0 fully saturated rings. The van der Waals surface area contributed by atoms with Crippen molar-refractivity contribution in [2.45, 2.75) is 0 Å². The van der Waals surface area contributed by atoms with Crippen molar-refractivity contribution < 1.29 is 469 Å². The maximum atomic E-state index is 7.33. The molecule has 53 heteroatoms. The third-order valence-electron chi connectivity index (χ3n) is 0. The molecule has 0 aromatic carbocycles. The Morgan fingerprint density at radius 3 is 0.113 bits per heavy atom. The predicted molar refractivity (Wildman–Crippen MR) is 145 cm³/mol. The van der Waals surface area contributed by atoms with Crippen molar-refractivity contribution in [1.82, 2.24) is 0 Å². The summed E-state index contributed by atoms with van der Waals surface area (Å²) in [5, 5.41) is 0. The van der Waals surface area contributed by atoms with Gasteiger partial charge in [0.25, 0.3) is 0 Å². The monoisotopic (exact) mass is 2950 g/mol. The van der Waals surface area contributed by atoms with Gasteiger partial charge in [0.2, 0.25) is 0 Å². The molecule has 53 heavy (non-hydrogen) atoms. The van der Waals surface area contributed by atoms with E-state index >= 15 is 0 Å². The molecule has 0 aromatic heterocycles. The Labute approximate surface area is 471 Å². The smallest absolute Gasteiger partial charge is 0.412 e. The Kier molecular flexibility index (Phi) is 39400. The average Bonchev–Trinajstić information content (AvgIpc) is 0.722. The van der Waals surface area contributed by atoms with E-state index < -0.39 is 9.05 Å². The largest absolute Gasteiger partial charge is 0.668 e. The summed E-state index contributed by atoms with van der Waals surface area (Å²) >= 11 is 0. The van der Waals surface area contributed by atoms with Crippen molar-refractivity contribution in [2.75, 3.05) is 0 Å². The molecule has 0 radical (unpaired) electrons. The predicted octanol–water partition coefficient (Wildman–Crippen LogP) is -32.3. The van der Waals surface area contributed by atoms with Crippen LogP contribution in [0, 0.1) is 0 Å².